The van der Waals surface area contributed by atoms with Crippen LogP contribution in [0.5, 0.6) is 17.2 Å². The molecule has 6 heteroatoms. The number of carbonyl (C=O) groups excluding carboxylic acids is 1. The molecule has 0 aliphatic rings. The Balaban J connectivity index is 2.29. The molecule has 2 aromatic carbocycles. The highest BCUT2D eigenvalue weighted by Gasteiger charge is 2.11. The third-order valence-corrected chi connectivity index (χ3v) is 3.09. The molecule has 0 unspecified atom stereocenters. The van der Waals surface area contributed by atoms with Gasteiger partial charge >= 0.3 is 5.97 Å². The van der Waals surface area contributed by atoms with E-state index in [0.717, 1.165) is 6.07 Å². The maximum Gasteiger partial charge on any atom is 0.310 e. The van der Waals surface area contributed by atoms with Gasteiger partial charge in [-0.25, -0.2) is 9.24 Å². The van der Waals surface area contributed by atoms with Crippen LogP contribution in [0.2, 0.25) is 0 Å². The van der Waals surface area contributed by atoms with Crippen LogP contribution < -0.4 is 9.47 Å². The van der Waals surface area contributed by atoms with Crippen LogP contribution in [0.3, 0.4) is 0 Å². The van der Waals surface area contributed by atoms with E-state index in [0.29, 0.717) is 23.7 Å². The van der Waals surface area contributed by atoms with Crippen LogP contribution >= 0.6 is 0 Å². The molecule has 0 heterocycles. The standard InChI is InChI=1S/C18H16FNO4/c1-4-23-18(21)8-12-5-6-16(22-3)17(7-12)24-15-10-13(19)9-14(11-15)20-2/h5-7,9-11H,4,8H2,1,3H3. The number of carbonyl (C=O) groups is 1. The molecule has 0 spiro atoms. The average molecular weight is 329 g/mol. The van der Waals surface area contributed by atoms with E-state index in [1.165, 1.54) is 19.2 Å². The predicted molar refractivity (Wildman–Crippen MR) is 86.1 cm³/mol. The first-order valence-electron chi connectivity index (χ1n) is 7.24. The van der Waals surface area contributed by atoms with Gasteiger partial charge in [0.25, 0.3) is 0 Å². The lowest BCUT2D eigenvalue weighted by Gasteiger charge is -2.12. The molecule has 0 aromatic heterocycles. The van der Waals surface area contributed by atoms with Crippen molar-refractivity contribution in [1.82, 2.24) is 0 Å². The summed E-state index contributed by atoms with van der Waals surface area (Å²) >= 11 is 0. The molecule has 0 bridgehead atoms. The fourth-order valence-electron chi connectivity index (χ4n) is 2.09. The Kier molecular flexibility index (Phi) is 5.74. The Bertz CT molecular complexity index is 783. The topological polar surface area (TPSA) is 49.1 Å². The molecule has 24 heavy (non-hydrogen) atoms. The summed E-state index contributed by atoms with van der Waals surface area (Å²) < 4.78 is 29.3. The second kappa shape index (κ2) is 7.97. The van der Waals surface area contributed by atoms with Crippen molar-refractivity contribution in [3.63, 3.8) is 0 Å². The van der Waals surface area contributed by atoms with Crippen molar-refractivity contribution in [2.45, 2.75) is 13.3 Å². The van der Waals surface area contributed by atoms with Crippen molar-refractivity contribution in [2.24, 2.45) is 0 Å². The summed E-state index contributed by atoms with van der Waals surface area (Å²) in [6.07, 6.45) is 0.0879. The van der Waals surface area contributed by atoms with Crippen molar-refractivity contribution < 1.29 is 23.4 Å². The van der Waals surface area contributed by atoms with Gasteiger partial charge in [-0.15, -0.1) is 0 Å². The van der Waals surface area contributed by atoms with E-state index in [2.05, 4.69) is 4.85 Å². The maximum absolute atomic E-state index is 13.5. The van der Waals surface area contributed by atoms with Crippen LogP contribution in [0, 0.1) is 12.4 Å². The first-order chi connectivity index (χ1) is 11.5. The summed E-state index contributed by atoms with van der Waals surface area (Å²) in [7, 11) is 1.48. The van der Waals surface area contributed by atoms with Crippen molar-refractivity contribution in [3.05, 3.63) is 59.2 Å². The van der Waals surface area contributed by atoms with Gasteiger partial charge in [0.05, 0.1) is 26.7 Å². The van der Waals surface area contributed by atoms with Crippen LogP contribution in [-0.2, 0) is 16.0 Å². The van der Waals surface area contributed by atoms with E-state index >= 15 is 0 Å². The fourth-order valence-corrected chi connectivity index (χ4v) is 2.09. The number of rotatable bonds is 6. The molecule has 0 aliphatic carbocycles. The highest BCUT2D eigenvalue weighted by molar-refractivity contribution is 5.73. The Morgan fingerprint density at radius 3 is 2.67 bits per heavy atom. The van der Waals surface area contributed by atoms with Gasteiger partial charge in [-0.2, -0.15) is 0 Å². The molecule has 124 valence electrons. The maximum atomic E-state index is 13.5. The zero-order valence-electron chi connectivity index (χ0n) is 13.3. The lowest BCUT2D eigenvalue weighted by Crippen LogP contribution is -2.07. The van der Waals surface area contributed by atoms with Gasteiger partial charge < -0.3 is 14.2 Å². The second-order valence-electron chi connectivity index (χ2n) is 4.83. The third kappa shape index (κ3) is 4.46. The summed E-state index contributed by atoms with van der Waals surface area (Å²) in [5, 5.41) is 0. The van der Waals surface area contributed by atoms with Crippen LogP contribution in [-0.4, -0.2) is 19.7 Å². The molecule has 0 fully saturated rings. The van der Waals surface area contributed by atoms with Gasteiger partial charge in [-0.05, 0) is 36.8 Å². The monoisotopic (exact) mass is 329 g/mol. The zero-order valence-corrected chi connectivity index (χ0v) is 13.3. The summed E-state index contributed by atoms with van der Waals surface area (Å²) in [5.41, 5.74) is 0.803. The zero-order chi connectivity index (χ0) is 17.5. The second-order valence-corrected chi connectivity index (χ2v) is 4.83. The van der Waals surface area contributed by atoms with Crippen molar-refractivity contribution in [3.8, 4) is 17.2 Å². The number of nitrogens with zero attached hydrogens (tertiary/aromatic N) is 1. The van der Waals surface area contributed by atoms with E-state index in [9.17, 15) is 9.18 Å². The number of halogens is 1. The largest absolute Gasteiger partial charge is 0.493 e. The Morgan fingerprint density at radius 1 is 1.21 bits per heavy atom. The highest BCUT2D eigenvalue weighted by Crippen LogP contribution is 2.34. The number of benzene rings is 2. The predicted octanol–water partition coefficient (Wildman–Crippen LogP) is 4.28. The number of esters is 1. The molecule has 0 radical (unpaired) electrons. The quantitative estimate of drug-likeness (QED) is 0.586. The molecular formula is C18H16FNO4. The molecule has 0 saturated heterocycles. The molecular weight excluding hydrogens is 313 g/mol. The number of ether oxygens (including phenoxy) is 3. The van der Waals surface area contributed by atoms with Crippen LogP contribution in [0.25, 0.3) is 4.85 Å². The van der Waals surface area contributed by atoms with Gasteiger partial charge in [-0.3, -0.25) is 4.79 Å². The molecule has 2 rings (SSSR count). The molecule has 0 atom stereocenters. The average Bonchev–Trinajstić information content (AvgIpc) is 2.54. The van der Waals surface area contributed by atoms with E-state index < -0.39 is 5.82 Å². The van der Waals surface area contributed by atoms with E-state index in [-0.39, 0.29) is 23.8 Å². The molecule has 2 aromatic rings. The third-order valence-electron chi connectivity index (χ3n) is 3.09. The summed E-state index contributed by atoms with van der Waals surface area (Å²) in [6, 6.07) is 8.71. The van der Waals surface area contributed by atoms with Gasteiger partial charge in [0.15, 0.2) is 17.2 Å². The van der Waals surface area contributed by atoms with Crippen LogP contribution in [0.4, 0.5) is 10.1 Å². The molecule has 0 N–H and O–H groups in total. The smallest absolute Gasteiger partial charge is 0.310 e. The fraction of sp³-hybridized carbons (Fsp3) is 0.222. The first-order valence-corrected chi connectivity index (χ1v) is 7.24. The Hall–Kier alpha value is -3.07. The lowest BCUT2D eigenvalue weighted by molar-refractivity contribution is -0.142. The van der Waals surface area contributed by atoms with E-state index in [1.54, 1.807) is 25.1 Å². The van der Waals surface area contributed by atoms with Crippen molar-refractivity contribution in [1.29, 1.82) is 0 Å². The lowest BCUT2D eigenvalue weighted by atomic mass is 10.1. The number of hydrogen-bond acceptors (Lipinski definition) is 4. The molecule has 0 aliphatic heterocycles. The normalized spacial score (nSPS) is 9.92. The number of hydrogen-bond donors (Lipinski definition) is 0. The van der Waals surface area contributed by atoms with E-state index in [1.807, 2.05) is 0 Å². The highest BCUT2D eigenvalue weighted by atomic mass is 19.1. The molecule has 5 nitrogen and oxygen atoms in total. The van der Waals surface area contributed by atoms with Gasteiger partial charge in [-0.1, -0.05) is 6.07 Å². The minimum absolute atomic E-state index is 0.0879. The minimum Gasteiger partial charge on any atom is -0.493 e. The summed E-state index contributed by atoms with van der Waals surface area (Å²) in [5.74, 6) is -0.000504. The van der Waals surface area contributed by atoms with Gasteiger partial charge in [0.1, 0.15) is 11.6 Å². The Labute approximate surface area is 139 Å². The SMILES string of the molecule is [C-]#[N+]c1cc(F)cc(Oc2cc(CC(=O)OCC)ccc2OC)c1. The number of methoxy groups -OCH3 is 1. The summed E-state index contributed by atoms with van der Waals surface area (Å²) in [6.45, 7) is 9.01. The van der Waals surface area contributed by atoms with Crippen LogP contribution in [0.1, 0.15) is 12.5 Å². The molecule has 0 saturated carbocycles. The summed E-state index contributed by atoms with van der Waals surface area (Å²) in [4.78, 5) is 14.8. The van der Waals surface area contributed by atoms with Crippen molar-refractivity contribution >= 4 is 11.7 Å². The Morgan fingerprint density at radius 2 is 2.00 bits per heavy atom. The van der Waals surface area contributed by atoms with Crippen molar-refractivity contribution in [2.75, 3.05) is 13.7 Å². The van der Waals surface area contributed by atoms with E-state index in [4.69, 9.17) is 20.8 Å². The van der Waals surface area contributed by atoms with Gasteiger partial charge in [0, 0.05) is 6.07 Å². The molecule has 0 amide bonds. The van der Waals surface area contributed by atoms with Gasteiger partial charge in [0.2, 0.25) is 0 Å². The van der Waals surface area contributed by atoms with Crippen LogP contribution in [0.15, 0.2) is 36.4 Å². The minimum atomic E-state index is -0.569. The first kappa shape index (κ1) is 17.3.